The number of halogens is 4. The van der Waals surface area contributed by atoms with Crippen LogP contribution in [-0.4, -0.2) is 122 Å². The molecule has 10 aromatic heterocycles. The van der Waals surface area contributed by atoms with E-state index in [9.17, 15) is 42.2 Å². The molecule has 0 aliphatic carbocycles. The maximum atomic E-state index is 14.3. The molecular formula is C117H125F4N18O6Pt5-3. The molecule has 3 N–H and O–H groups in total. The zero-order valence-electron chi connectivity index (χ0n) is 88.6. The topological polar surface area (TPSA) is 280 Å². The van der Waals surface area contributed by atoms with Gasteiger partial charge < -0.3 is 20.3 Å². The Morgan fingerprint density at radius 2 is 0.553 bits per heavy atom. The van der Waals surface area contributed by atoms with Crippen molar-refractivity contribution in [2.75, 3.05) is 0 Å². The van der Waals surface area contributed by atoms with E-state index in [1.165, 1.54) is 34.3 Å². The fraction of sp³-hybridized carbons (Fsp3) is 0.325. The Morgan fingerprint density at radius 1 is 0.273 bits per heavy atom. The number of carboxylic acids is 1. The third kappa shape index (κ3) is 26.3. The third-order valence-corrected chi connectivity index (χ3v) is 29.8. The van der Waals surface area contributed by atoms with Gasteiger partial charge in [0.15, 0.2) is 0 Å². The van der Waals surface area contributed by atoms with Crippen LogP contribution >= 0.6 is 0 Å². The number of pyridine rings is 2. The first kappa shape index (κ1) is 123. The molecule has 0 saturated heterocycles. The number of nitrogens with zero attached hydrogens (tertiary/aromatic N) is 18. The monoisotopic (exact) mass is 2930 g/mol. The van der Waals surface area contributed by atoms with E-state index in [1.807, 2.05) is 194 Å². The SMILES string of the molecule is CC(C)(C)c1cc[c-]c(-n2ccc(C(C)(C)C(C)(C)c3ccn(-c4[c-]cccc4)n3)n2)c1.CC(C)(C)c1cc[c-]c(-n2ccc(C(C)(C)C(C)(C)c3ccn(C(=O)O)n3)n2)c1.CC(C)(c1cccc(-c2[c-]cc(F)cc2F)n1)C(C)(C)c1ccn(-c2[c-]cccc2)n1.CC(C)(c1cccc(C(=O)O)n1)C(C)(C)c1ccn(-c2[c-]cccc2)n1.CC(C)(c1ccn(C(=O)O)n1)C(C)(C)c1ccn(-c2[c-]cc(F)cc2F)n1.[Pt+2].[Pt+2].[Pt].[Pt].[Pt]. The minimum Gasteiger partial charge on any atom is -0.477 e. The minimum atomic E-state index is -1.17. The minimum absolute atomic E-state index is 0. The first-order valence-corrected chi connectivity index (χ1v) is 47.7. The van der Waals surface area contributed by atoms with Gasteiger partial charge in [-0.05, 0) is 117 Å². The summed E-state index contributed by atoms with van der Waals surface area (Å²) in [6.07, 6.45) is 12.0. The molecule has 17 rings (SSSR count). The molecule has 10 heterocycles. The predicted molar refractivity (Wildman–Crippen MR) is 553 cm³/mol. The quantitative estimate of drug-likeness (QED) is 0.0396. The van der Waals surface area contributed by atoms with Gasteiger partial charge in [-0.2, -0.15) is 177 Å². The van der Waals surface area contributed by atoms with E-state index < -0.39 is 79.3 Å². The van der Waals surface area contributed by atoms with Crippen LogP contribution in [0.25, 0.3) is 45.4 Å². The molecule has 0 aliphatic rings. The van der Waals surface area contributed by atoms with Crippen LogP contribution in [-0.2, 0) is 170 Å². The number of para-hydroxylation sites is 3. The first-order chi connectivity index (χ1) is 67.8. The third-order valence-electron chi connectivity index (χ3n) is 29.8. The van der Waals surface area contributed by atoms with Gasteiger partial charge in [0.1, 0.15) is 5.69 Å². The predicted octanol–water partition coefficient (Wildman–Crippen LogP) is 25.2. The average molecular weight is 2930 g/mol. The molecule has 24 nitrogen and oxygen atoms in total. The van der Waals surface area contributed by atoms with Gasteiger partial charge in [0.2, 0.25) is 0 Å². The van der Waals surface area contributed by atoms with Crippen molar-refractivity contribution in [2.45, 2.75) is 245 Å². The van der Waals surface area contributed by atoms with Crippen LogP contribution in [0.3, 0.4) is 0 Å². The van der Waals surface area contributed by atoms with Crippen molar-refractivity contribution in [1.29, 1.82) is 0 Å². The summed E-state index contributed by atoms with van der Waals surface area (Å²) in [6.45, 7) is 55.0. The molecule has 150 heavy (non-hydrogen) atoms. The maximum Gasteiger partial charge on any atom is 2.00 e. The second-order valence-electron chi connectivity index (χ2n) is 43.3. The number of hydrogen-bond donors (Lipinski definition) is 3. The molecule has 7 aromatic carbocycles. The summed E-state index contributed by atoms with van der Waals surface area (Å²) in [6, 6.07) is 86.8. The summed E-state index contributed by atoms with van der Waals surface area (Å²) >= 11 is 0. The summed E-state index contributed by atoms with van der Waals surface area (Å²) in [5, 5.41) is 64.6. The zero-order valence-corrected chi connectivity index (χ0v) is 100.0. The molecule has 0 radical (unpaired) electrons. The largest absolute Gasteiger partial charge is 2.00 e. The summed E-state index contributed by atoms with van der Waals surface area (Å²) in [5.74, 6) is -3.84. The van der Waals surface area contributed by atoms with Crippen LogP contribution in [0.2, 0.25) is 0 Å². The van der Waals surface area contributed by atoms with Crippen molar-refractivity contribution in [3.63, 3.8) is 0 Å². The van der Waals surface area contributed by atoms with Crippen LogP contribution in [0.4, 0.5) is 27.2 Å². The first-order valence-electron chi connectivity index (χ1n) is 47.7. The molecule has 0 spiro atoms. The van der Waals surface area contributed by atoms with Gasteiger partial charge in [0.05, 0.1) is 45.6 Å². The van der Waals surface area contributed by atoms with Crippen LogP contribution in [0.5, 0.6) is 0 Å². The van der Waals surface area contributed by atoms with Crippen LogP contribution < -0.4 is 0 Å². The van der Waals surface area contributed by atoms with Gasteiger partial charge in [0.25, 0.3) is 0 Å². The van der Waals surface area contributed by atoms with Crippen LogP contribution in [0.15, 0.2) is 268 Å². The van der Waals surface area contributed by atoms with Crippen molar-refractivity contribution in [2.24, 2.45) is 0 Å². The van der Waals surface area contributed by atoms with E-state index in [4.69, 9.17) is 35.6 Å². The van der Waals surface area contributed by atoms with Crippen molar-refractivity contribution >= 4 is 18.2 Å². The van der Waals surface area contributed by atoms with Gasteiger partial charge in [-0.3, -0.25) is 45.7 Å². The molecule has 0 amide bonds. The standard InChI is InChI=1S/C28H32N4.C26H23F2N3.C23H29N4O2.C21H22N3O2.C19H19F2N4O2.5Pt/c1-26(2,3)21-12-11-15-23(20-21)32-19-17-25(30-32)28(6,7)27(4,5)24-16-18-31(29-24)22-13-9-8-10-14-22;1-25(2,23-12-8-11-22(29-23)20-14-13-18(27)17-21(20)28)26(3,4)24-15-16-31(30-24)19-9-6-5-7-10-19;1-21(2,3)16-9-8-10-17(15-16)26-13-11-18(24-26)22(4,5)23(6,7)19-12-14-27(25-19)20(28)29;1-20(2,17-12-8-11-16(22-17)19(25)26)21(3,4)18-13-14-24(23-18)15-9-6-5-7-10-15;1-18(2,19(3,4)16-8-10-25(23-16)17(26)27)15-7-9-24(22-15)14-6-5-12(20)11-13(14)21;;;;;/h8-13,16-20H,1-7H3;5-9,11-13,15-17H,1-4H3;8-9,11-15H,1-7H3,(H,28,29);5-9,11-14H,1-4H3,(H,25,26);5,7-11H,1-4H3,(H,26,27);;;;;/q2*-2;3*-1;;;;2*+2. The summed E-state index contributed by atoms with van der Waals surface area (Å²) in [4.78, 5) is 42.7. The Bertz CT molecular complexity index is 7440. The van der Waals surface area contributed by atoms with Crippen molar-refractivity contribution < 1.29 is 153 Å². The number of aromatic carboxylic acids is 1. The van der Waals surface area contributed by atoms with Gasteiger partial charge in [0, 0.05) is 202 Å². The molecule has 0 fully saturated rings. The molecule has 0 aliphatic heterocycles. The summed E-state index contributed by atoms with van der Waals surface area (Å²) < 4.78 is 67.1. The molecule has 0 saturated carbocycles. The Kier molecular flexibility index (Phi) is 39.8. The average Bonchev–Trinajstić information content (AvgIpc) is 1.56. The number of carbonyl (C=O) groups is 3. The Balaban J connectivity index is 0.000000227. The van der Waals surface area contributed by atoms with Gasteiger partial charge >= 0.3 is 60.3 Å². The normalized spacial score (nSPS) is 12.1. The van der Waals surface area contributed by atoms with E-state index in [0.29, 0.717) is 22.8 Å². The molecule has 800 valence electrons. The molecular weight excluding hydrogens is 2800 g/mol. The second kappa shape index (κ2) is 48.4. The molecule has 17 aromatic rings. The number of hydrogen-bond acceptors (Lipinski definition) is 13. The van der Waals surface area contributed by atoms with Gasteiger partial charge in [-0.15, -0.1) is 54.6 Å². The summed E-state index contributed by atoms with van der Waals surface area (Å²) in [5.41, 5.74) is 11.9. The maximum absolute atomic E-state index is 14.3. The van der Waals surface area contributed by atoms with Crippen LogP contribution in [0, 0.1) is 65.7 Å². The van der Waals surface area contributed by atoms with E-state index in [0.717, 1.165) is 102 Å². The van der Waals surface area contributed by atoms with Crippen molar-refractivity contribution in [3.05, 3.63) is 407 Å². The molecule has 0 unspecified atom stereocenters. The van der Waals surface area contributed by atoms with Crippen molar-refractivity contribution in [1.82, 2.24) is 88.2 Å². The second-order valence-corrected chi connectivity index (χ2v) is 43.3. The molecule has 0 bridgehead atoms. The Hall–Kier alpha value is -11.9. The zero-order chi connectivity index (χ0) is 106. The van der Waals surface area contributed by atoms with Gasteiger partial charge in [-0.1, -0.05) is 210 Å². The molecule has 33 heteroatoms. The fourth-order valence-electron chi connectivity index (χ4n) is 16.2. The smallest absolute Gasteiger partial charge is 0.477 e. The Morgan fingerprint density at radius 3 is 0.853 bits per heavy atom. The number of carboxylic acid groups (broad SMARTS) is 3. The number of rotatable bonds is 23. The van der Waals surface area contributed by atoms with Crippen molar-refractivity contribution in [3.8, 4) is 45.4 Å². The molecule has 0 atom stereocenters. The van der Waals surface area contributed by atoms with Gasteiger partial charge in [-0.25, -0.2) is 19.4 Å². The fourth-order valence-corrected chi connectivity index (χ4v) is 16.2. The number of benzene rings is 7. The van der Waals surface area contributed by atoms with Crippen LogP contribution in [0.1, 0.15) is 259 Å². The van der Waals surface area contributed by atoms with E-state index in [-0.39, 0.29) is 149 Å². The number of aromatic nitrogens is 18. The summed E-state index contributed by atoms with van der Waals surface area (Å²) in [7, 11) is 0. The van der Waals surface area contributed by atoms with E-state index in [1.54, 1.807) is 45.9 Å². The van der Waals surface area contributed by atoms with E-state index >= 15 is 0 Å². The Labute approximate surface area is 948 Å². The van der Waals surface area contributed by atoms with E-state index in [2.05, 4.69) is 251 Å².